The molecule has 1 aliphatic rings. The van der Waals surface area contributed by atoms with Gasteiger partial charge in [0, 0.05) is 35.4 Å². The van der Waals surface area contributed by atoms with Gasteiger partial charge in [0.2, 0.25) is 16.8 Å². The van der Waals surface area contributed by atoms with Gasteiger partial charge in [-0.3, -0.25) is 4.72 Å². The van der Waals surface area contributed by atoms with E-state index in [1.165, 1.54) is 12.8 Å². The highest BCUT2D eigenvalue weighted by Gasteiger charge is 2.26. The van der Waals surface area contributed by atoms with Crippen LogP contribution in [0.2, 0.25) is 0 Å². The summed E-state index contributed by atoms with van der Waals surface area (Å²) in [5.74, 6) is 1.60. The van der Waals surface area contributed by atoms with E-state index in [4.69, 9.17) is 16.2 Å². The first-order valence-electron chi connectivity index (χ1n) is 10.7. The average molecular weight is 464 g/mol. The van der Waals surface area contributed by atoms with Crippen LogP contribution in [0, 0.1) is 12.8 Å². The van der Waals surface area contributed by atoms with E-state index in [0.717, 1.165) is 34.3 Å². The Morgan fingerprint density at radius 3 is 2.67 bits per heavy atom. The van der Waals surface area contributed by atoms with Crippen LogP contribution in [0.1, 0.15) is 18.4 Å². The molecule has 0 aliphatic heterocycles. The molecule has 0 radical (unpaired) electrons. The van der Waals surface area contributed by atoms with Crippen molar-refractivity contribution in [2.24, 2.45) is 5.92 Å². The Hall–Kier alpha value is -3.72. The highest BCUT2D eigenvalue weighted by Crippen LogP contribution is 2.42. The summed E-state index contributed by atoms with van der Waals surface area (Å²) in [4.78, 5) is 4.22. The second kappa shape index (κ2) is 8.32. The number of anilines is 3. The van der Waals surface area contributed by atoms with Crippen molar-refractivity contribution in [1.82, 2.24) is 9.55 Å². The number of rotatable bonds is 7. The molecule has 9 heteroatoms. The molecular formula is C24H25N5O3S. The topological polar surface area (TPSA) is 125 Å². The summed E-state index contributed by atoms with van der Waals surface area (Å²) >= 11 is 0. The van der Waals surface area contributed by atoms with Gasteiger partial charge in [0.05, 0.1) is 22.6 Å². The Kier molecular flexibility index (Phi) is 5.33. The van der Waals surface area contributed by atoms with Crippen LogP contribution in [0.25, 0.3) is 22.2 Å². The van der Waals surface area contributed by atoms with E-state index in [2.05, 4.69) is 14.3 Å². The van der Waals surface area contributed by atoms with Gasteiger partial charge in [0.1, 0.15) is 5.75 Å². The van der Waals surface area contributed by atoms with Gasteiger partial charge in [0.25, 0.3) is 0 Å². The number of nitrogens with one attached hydrogen (secondary N) is 1. The van der Waals surface area contributed by atoms with Crippen LogP contribution < -0.4 is 20.9 Å². The fourth-order valence-corrected chi connectivity index (χ4v) is 4.51. The lowest BCUT2D eigenvalue weighted by Gasteiger charge is -2.14. The van der Waals surface area contributed by atoms with Crippen LogP contribution in [0.5, 0.6) is 11.6 Å². The normalized spacial score (nSPS) is 13.5. The Morgan fingerprint density at radius 1 is 1.15 bits per heavy atom. The molecule has 5 N–H and O–H groups in total. The first-order valence-corrected chi connectivity index (χ1v) is 11.9. The number of ether oxygens (including phenoxy) is 1. The van der Waals surface area contributed by atoms with E-state index in [9.17, 15) is 8.42 Å². The number of nitrogens with two attached hydrogens (primary N) is 2. The smallest absolute Gasteiger partial charge is 0.242 e. The van der Waals surface area contributed by atoms with Crippen molar-refractivity contribution in [1.29, 1.82) is 0 Å². The lowest BCUT2D eigenvalue weighted by Crippen LogP contribution is -2.04. The Morgan fingerprint density at radius 2 is 1.97 bits per heavy atom. The Labute approximate surface area is 193 Å². The molecule has 5 rings (SSSR count). The minimum absolute atomic E-state index is 0.362. The molecule has 0 saturated heterocycles. The standard InChI is InChI=1S/C24H25N5O3S/c1-14-11-16(28-33(30)31)6-8-18(14)23-22(26)19-9-7-17(32-24-20(25)3-2-10-27-24)12-21(19)29(23)13-15-4-5-15/h2-3,6-12,15,33H,4-5,13,25-26H2,1H3,(H,28,30,31). The van der Waals surface area contributed by atoms with Crippen molar-refractivity contribution >= 4 is 38.9 Å². The number of hydrogen-bond acceptors (Lipinski definition) is 6. The number of thiol groups is 1. The molecule has 2 aromatic heterocycles. The molecule has 0 unspecified atom stereocenters. The predicted octanol–water partition coefficient (Wildman–Crippen LogP) is 4.32. The molecule has 0 amide bonds. The first kappa shape index (κ1) is 21.1. The van der Waals surface area contributed by atoms with Crippen LogP contribution in [0.4, 0.5) is 17.1 Å². The van der Waals surface area contributed by atoms with Crippen molar-refractivity contribution in [3.8, 4) is 22.9 Å². The monoisotopic (exact) mass is 463 g/mol. The highest BCUT2D eigenvalue weighted by atomic mass is 32.2. The zero-order valence-electron chi connectivity index (χ0n) is 18.1. The summed E-state index contributed by atoms with van der Waals surface area (Å²) in [7, 11) is -2.72. The zero-order valence-corrected chi connectivity index (χ0v) is 19.0. The fraction of sp³-hybridized carbons (Fsp3) is 0.208. The maximum absolute atomic E-state index is 11.1. The van der Waals surface area contributed by atoms with Crippen LogP contribution in [-0.2, 0) is 17.4 Å². The summed E-state index contributed by atoms with van der Waals surface area (Å²) < 4.78 is 32.8. The van der Waals surface area contributed by atoms with Crippen LogP contribution in [0.3, 0.4) is 0 Å². The van der Waals surface area contributed by atoms with Gasteiger partial charge in [-0.2, -0.15) is 0 Å². The van der Waals surface area contributed by atoms with Crippen molar-refractivity contribution < 1.29 is 13.2 Å². The predicted molar refractivity (Wildman–Crippen MR) is 132 cm³/mol. The number of nitrogens with zero attached hydrogens (tertiary/aromatic N) is 2. The maximum atomic E-state index is 11.1. The number of pyridine rings is 1. The van der Waals surface area contributed by atoms with E-state index in [1.54, 1.807) is 24.4 Å². The van der Waals surface area contributed by atoms with Gasteiger partial charge in [-0.25, -0.2) is 13.4 Å². The summed E-state index contributed by atoms with van der Waals surface area (Å²) in [6.45, 7) is 2.80. The third-order valence-electron chi connectivity index (χ3n) is 5.93. The van der Waals surface area contributed by atoms with Gasteiger partial charge < -0.3 is 20.8 Å². The summed E-state index contributed by atoms with van der Waals surface area (Å²) in [5.41, 5.74) is 18.2. The second-order valence-electron chi connectivity index (χ2n) is 8.39. The van der Waals surface area contributed by atoms with Crippen LogP contribution in [-0.4, -0.2) is 18.0 Å². The summed E-state index contributed by atoms with van der Waals surface area (Å²) in [6, 6.07) is 14.8. The van der Waals surface area contributed by atoms with Crippen molar-refractivity contribution in [2.45, 2.75) is 26.3 Å². The molecule has 0 atom stereocenters. The van der Waals surface area contributed by atoms with Gasteiger partial charge >= 0.3 is 0 Å². The van der Waals surface area contributed by atoms with E-state index in [1.807, 2.05) is 37.3 Å². The number of hydrogen-bond donors (Lipinski definition) is 4. The third-order valence-corrected chi connectivity index (χ3v) is 6.37. The third kappa shape index (κ3) is 4.19. The highest BCUT2D eigenvalue weighted by molar-refractivity contribution is 7.73. The van der Waals surface area contributed by atoms with Gasteiger partial charge in [0.15, 0.2) is 0 Å². The molecule has 2 aromatic carbocycles. The maximum Gasteiger partial charge on any atom is 0.242 e. The van der Waals surface area contributed by atoms with E-state index in [-0.39, 0.29) is 0 Å². The number of aryl methyl sites for hydroxylation is 1. The largest absolute Gasteiger partial charge is 0.437 e. The fourth-order valence-electron chi connectivity index (χ4n) is 4.16. The molecule has 4 aromatic rings. The van der Waals surface area contributed by atoms with Gasteiger partial charge in [-0.1, -0.05) is 6.07 Å². The number of aromatic nitrogens is 2. The molecule has 1 fully saturated rings. The number of benzene rings is 2. The van der Waals surface area contributed by atoms with Crippen molar-refractivity contribution in [3.63, 3.8) is 0 Å². The molecular weight excluding hydrogens is 438 g/mol. The lowest BCUT2D eigenvalue weighted by molar-refractivity contribution is 0.466. The van der Waals surface area contributed by atoms with Crippen molar-refractivity contribution in [2.75, 3.05) is 16.2 Å². The average Bonchev–Trinajstić information content (AvgIpc) is 3.55. The number of nitrogen functional groups attached to an aromatic ring is 2. The molecule has 0 spiro atoms. The molecule has 8 nitrogen and oxygen atoms in total. The Balaban J connectivity index is 1.63. The molecule has 1 saturated carbocycles. The first-order chi connectivity index (χ1) is 15.9. The second-order valence-corrected chi connectivity index (χ2v) is 9.13. The zero-order chi connectivity index (χ0) is 23.1. The van der Waals surface area contributed by atoms with E-state index in [0.29, 0.717) is 34.6 Å². The van der Waals surface area contributed by atoms with E-state index < -0.39 is 10.9 Å². The molecule has 0 bridgehead atoms. The van der Waals surface area contributed by atoms with Gasteiger partial charge in [-0.15, -0.1) is 0 Å². The van der Waals surface area contributed by atoms with E-state index >= 15 is 0 Å². The van der Waals surface area contributed by atoms with Crippen LogP contribution in [0.15, 0.2) is 54.7 Å². The summed E-state index contributed by atoms with van der Waals surface area (Å²) in [5, 5.41) is 0.941. The molecule has 2 heterocycles. The molecule has 33 heavy (non-hydrogen) atoms. The quantitative estimate of drug-likeness (QED) is 0.303. The van der Waals surface area contributed by atoms with Crippen molar-refractivity contribution in [3.05, 3.63) is 60.3 Å². The Bertz CT molecular complexity index is 1430. The lowest BCUT2D eigenvalue weighted by atomic mass is 10.0. The van der Waals surface area contributed by atoms with Gasteiger partial charge in [-0.05, 0) is 67.6 Å². The van der Waals surface area contributed by atoms with Crippen LogP contribution >= 0.6 is 0 Å². The molecule has 170 valence electrons. The minimum Gasteiger partial charge on any atom is -0.437 e. The number of fused-ring (bicyclic) bond motifs is 1. The SMILES string of the molecule is Cc1cc(N[SH](=O)=O)ccc1-c1c(N)c2ccc(Oc3ncccc3N)cc2n1CC1CC1. The minimum atomic E-state index is -2.72. The molecule has 1 aliphatic carbocycles. The summed E-state index contributed by atoms with van der Waals surface area (Å²) in [6.07, 6.45) is 4.02.